The van der Waals surface area contributed by atoms with Crippen LogP contribution in [0.15, 0.2) is 18.3 Å². The molecule has 1 aliphatic heterocycles. The van der Waals surface area contributed by atoms with Crippen molar-refractivity contribution < 1.29 is 4.74 Å². The zero-order valence-corrected chi connectivity index (χ0v) is 11.8. The molecule has 0 bridgehead atoms. The molecule has 4 rings (SSSR count). The van der Waals surface area contributed by atoms with E-state index in [2.05, 4.69) is 15.6 Å². The molecule has 2 aromatic rings. The van der Waals surface area contributed by atoms with Crippen molar-refractivity contribution in [2.75, 3.05) is 6.61 Å². The van der Waals surface area contributed by atoms with Gasteiger partial charge in [0, 0.05) is 18.8 Å². The van der Waals surface area contributed by atoms with Gasteiger partial charge in [0.05, 0.1) is 0 Å². The van der Waals surface area contributed by atoms with Crippen LogP contribution < -0.4 is 0 Å². The third kappa shape index (κ3) is 2.03. The second kappa shape index (κ2) is 5.17. The van der Waals surface area contributed by atoms with Gasteiger partial charge in [0.15, 0.2) is 5.65 Å². The van der Waals surface area contributed by atoms with Gasteiger partial charge in [-0.1, -0.05) is 12.8 Å². The molecule has 4 heteroatoms. The van der Waals surface area contributed by atoms with Crippen molar-refractivity contribution in [3.05, 3.63) is 24.2 Å². The van der Waals surface area contributed by atoms with Crippen molar-refractivity contribution in [3.8, 4) is 0 Å². The van der Waals surface area contributed by atoms with Crippen LogP contribution in [-0.2, 0) is 4.74 Å². The van der Waals surface area contributed by atoms with E-state index in [1.807, 2.05) is 12.3 Å². The van der Waals surface area contributed by atoms with Crippen LogP contribution in [-0.4, -0.2) is 21.1 Å². The number of rotatable bonds is 2. The van der Waals surface area contributed by atoms with Crippen LogP contribution in [0.1, 0.15) is 62.9 Å². The molecule has 1 unspecified atom stereocenters. The lowest BCUT2D eigenvalue weighted by Gasteiger charge is -2.25. The predicted molar refractivity (Wildman–Crippen MR) is 77.6 cm³/mol. The minimum Gasteiger partial charge on any atom is -0.370 e. The summed E-state index contributed by atoms with van der Waals surface area (Å²) in [7, 11) is 0. The monoisotopic (exact) mass is 271 g/mol. The van der Waals surface area contributed by atoms with Crippen molar-refractivity contribution in [2.24, 2.45) is 0 Å². The van der Waals surface area contributed by atoms with E-state index in [-0.39, 0.29) is 6.10 Å². The van der Waals surface area contributed by atoms with E-state index in [0.717, 1.165) is 30.0 Å². The Morgan fingerprint density at radius 2 is 1.95 bits per heavy atom. The third-order valence-corrected chi connectivity index (χ3v) is 4.63. The smallest absolute Gasteiger partial charge is 0.160 e. The molecule has 1 saturated carbocycles. The molecule has 1 aliphatic carbocycles. The summed E-state index contributed by atoms with van der Waals surface area (Å²) in [6, 6.07) is 4.61. The van der Waals surface area contributed by atoms with E-state index in [1.54, 1.807) is 0 Å². The standard InChI is InChI=1S/C16H21N3O/c1-2-7-12(6-1)19-15-13(8-5-10-17-15)18-16(19)14-9-3-4-11-20-14/h5,8,10,12,14H,1-4,6-7,9,11H2. The highest BCUT2D eigenvalue weighted by Gasteiger charge is 2.28. The molecule has 0 N–H and O–H groups in total. The Morgan fingerprint density at radius 3 is 2.75 bits per heavy atom. The first-order valence-electron chi connectivity index (χ1n) is 7.88. The number of ether oxygens (including phenoxy) is 1. The van der Waals surface area contributed by atoms with Crippen LogP contribution in [0.4, 0.5) is 0 Å². The van der Waals surface area contributed by atoms with Gasteiger partial charge in [0.25, 0.3) is 0 Å². The first-order chi connectivity index (χ1) is 9.93. The summed E-state index contributed by atoms with van der Waals surface area (Å²) in [5, 5.41) is 0. The molecule has 20 heavy (non-hydrogen) atoms. The number of pyridine rings is 1. The van der Waals surface area contributed by atoms with Gasteiger partial charge >= 0.3 is 0 Å². The minimum atomic E-state index is 0.165. The topological polar surface area (TPSA) is 39.9 Å². The van der Waals surface area contributed by atoms with Crippen molar-refractivity contribution in [3.63, 3.8) is 0 Å². The molecule has 0 spiro atoms. The Labute approximate surface area is 119 Å². The lowest BCUT2D eigenvalue weighted by atomic mass is 10.1. The van der Waals surface area contributed by atoms with E-state index in [4.69, 9.17) is 9.72 Å². The SMILES string of the molecule is c1cnc2c(c1)nc(C1CCCCO1)n2C1CCCC1. The molecule has 1 atom stereocenters. The lowest BCUT2D eigenvalue weighted by molar-refractivity contribution is 0.00683. The maximum Gasteiger partial charge on any atom is 0.160 e. The first kappa shape index (κ1) is 12.3. The summed E-state index contributed by atoms with van der Waals surface area (Å²) in [5.74, 6) is 1.12. The lowest BCUT2D eigenvalue weighted by Crippen LogP contribution is -2.18. The molecule has 0 amide bonds. The molecule has 106 valence electrons. The minimum absolute atomic E-state index is 0.165. The van der Waals surface area contributed by atoms with E-state index in [9.17, 15) is 0 Å². The zero-order chi connectivity index (χ0) is 13.4. The van der Waals surface area contributed by atoms with E-state index < -0.39 is 0 Å². The van der Waals surface area contributed by atoms with Crippen molar-refractivity contribution in [2.45, 2.75) is 57.1 Å². The van der Waals surface area contributed by atoms with E-state index in [0.29, 0.717) is 6.04 Å². The third-order valence-electron chi connectivity index (χ3n) is 4.63. The molecule has 3 heterocycles. The van der Waals surface area contributed by atoms with Crippen molar-refractivity contribution in [1.29, 1.82) is 0 Å². The maximum absolute atomic E-state index is 5.98. The molecule has 4 nitrogen and oxygen atoms in total. The molecule has 2 aromatic heterocycles. The number of nitrogens with zero attached hydrogens (tertiary/aromatic N) is 3. The van der Waals surface area contributed by atoms with Crippen LogP contribution in [0.25, 0.3) is 11.2 Å². The summed E-state index contributed by atoms with van der Waals surface area (Å²) in [5.41, 5.74) is 2.06. The van der Waals surface area contributed by atoms with Gasteiger partial charge in [-0.2, -0.15) is 0 Å². The van der Waals surface area contributed by atoms with Gasteiger partial charge in [-0.05, 0) is 44.2 Å². The van der Waals surface area contributed by atoms with Gasteiger partial charge in [-0.15, -0.1) is 0 Å². The number of fused-ring (bicyclic) bond motifs is 1. The average molecular weight is 271 g/mol. The molecule has 2 fully saturated rings. The summed E-state index contributed by atoms with van der Waals surface area (Å²) in [6.45, 7) is 0.867. The van der Waals surface area contributed by atoms with Crippen molar-refractivity contribution >= 4 is 11.2 Å². The van der Waals surface area contributed by atoms with Gasteiger partial charge in [-0.3, -0.25) is 0 Å². The highest BCUT2D eigenvalue weighted by atomic mass is 16.5. The fraction of sp³-hybridized carbons (Fsp3) is 0.625. The number of imidazole rings is 1. The summed E-state index contributed by atoms with van der Waals surface area (Å²) in [6.07, 6.45) is 10.7. The Hall–Kier alpha value is -1.42. The van der Waals surface area contributed by atoms with Crippen LogP contribution >= 0.6 is 0 Å². The van der Waals surface area contributed by atoms with E-state index in [1.165, 1.54) is 38.5 Å². The fourth-order valence-electron chi connectivity index (χ4n) is 3.64. The molecule has 2 aliphatic rings. The second-order valence-corrected chi connectivity index (χ2v) is 5.98. The van der Waals surface area contributed by atoms with Crippen LogP contribution in [0.5, 0.6) is 0 Å². The highest BCUT2D eigenvalue weighted by Crippen LogP contribution is 2.37. The Kier molecular flexibility index (Phi) is 3.19. The quantitative estimate of drug-likeness (QED) is 0.834. The molecular formula is C16H21N3O. The Bertz CT molecular complexity index is 595. The second-order valence-electron chi connectivity index (χ2n) is 5.98. The normalized spacial score (nSPS) is 24.5. The molecule has 0 radical (unpaired) electrons. The van der Waals surface area contributed by atoms with Crippen molar-refractivity contribution in [1.82, 2.24) is 14.5 Å². The molecular weight excluding hydrogens is 250 g/mol. The summed E-state index contributed by atoms with van der Waals surface area (Å²) in [4.78, 5) is 9.44. The van der Waals surface area contributed by atoms with Gasteiger partial charge in [-0.25, -0.2) is 9.97 Å². The van der Waals surface area contributed by atoms with Crippen LogP contribution in [0.2, 0.25) is 0 Å². The Morgan fingerprint density at radius 1 is 1.10 bits per heavy atom. The van der Waals surface area contributed by atoms with E-state index >= 15 is 0 Å². The van der Waals surface area contributed by atoms with Gasteiger partial charge < -0.3 is 9.30 Å². The highest BCUT2D eigenvalue weighted by molar-refractivity contribution is 5.71. The first-order valence-corrected chi connectivity index (χ1v) is 7.88. The predicted octanol–water partition coefficient (Wildman–Crippen LogP) is 3.79. The van der Waals surface area contributed by atoms with Gasteiger partial charge in [0.1, 0.15) is 17.4 Å². The summed E-state index contributed by atoms with van der Waals surface area (Å²) >= 11 is 0. The molecule has 0 aromatic carbocycles. The fourth-order valence-corrected chi connectivity index (χ4v) is 3.64. The maximum atomic E-state index is 5.98. The number of hydrogen-bond donors (Lipinski definition) is 0. The largest absolute Gasteiger partial charge is 0.370 e. The Balaban J connectivity index is 1.82. The number of hydrogen-bond acceptors (Lipinski definition) is 3. The average Bonchev–Trinajstić information content (AvgIpc) is 3.14. The van der Waals surface area contributed by atoms with Crippen LogP contribution in [0, 0.1) is 0 Å². The van der Waals surface area contributed by atoms with Gasteiger partial charge in [0.2, 0.25) is 0 Å². The zero-order valence-electron chi connectivity index (χ0n) is 11.8. The van der Waals surface area contributed by atoms with Crippen LogP contribution in [0.3, 0.4) is 0 Å². The molecule has 1 saturated heterocycles. The number of aromatic nitrogens is 3. The summed E-state index contributed by atoms with van der Waals surface area (Å²) < 4.78 is 8.37.